The largest absolute Gasteiger partial charge is 0.508 e. The highest BCUT2D eigenvalue weighted by Crippen LogP contribution is 2.35. The number of rotatable bonds is 5. The van der Waals surface area contributed by atoms with Crippen LogP contribution in [0.25, 0.3) is 22.4 Å². The first kappa shape index (κ1) is 20.2. The maximum absolute atomic E-state index is 13.4. The number of benzene rings is 2. The van der Waals surface area contributed by atoms with Crippen LogP contribution in [0.2, 0.25) is 10.2 Å². The fraction of sp³-hybridized carbons (Fsp3) is 0.0435. The Bertz CT molecular complexity index is 1440. The number of hydrogen-bond acceptors (Lipinski definition) is 6. The Morgan fingerprint density at radius 2 is 1.88 bits per heavy atom. The monoisotopic (exact) mass is 464 g/mol. The lowest BCUT2D eigenvalue weighted by Gasteiger charge is -2.08. The summed E-state index contributed by atoms with van der Waals surface area (Å²) >= 11 is 12.7. The number of aromatic nitrogens is 4. The van der Waals surface area contributed by atoms with Crippen LogP contribution in [0.1, 0.15) is 21.8 Å². The molecule has 3 aromatic heterocycles. The molecular weight excluding hydrogens is 451 g/mol. The van der Waals surface area contributed by atoms with Gasteiger partial charge in [0.2, 0.25) is 0 Å². The van der Waals surface area contributed by atoms with Gasteiger partial charge in [-0.3, -0.25) is 4.79 Å². The highest BCUT2D eigenvalue weighted by molar-refractivity contribution is 6.36. The molecule has 0 saturated carbocycles. The molecule has 0 saturated heterocycles. The molecule has 0 spiro atoms. The van der Waals surface area contributed by atoms with Crippen molar-refractivity contribution in [3.63, 3.8) is 0 Å². The molecule has 9 heteroatoms. The van der Waals surface area contributed by atoms with Crippen LogP contribution < -0.4 is 0 Å². The van der Waals surface area contributed by atoms with E-state index in [9.17, 15) is 9.90 Å². The lowest BCUT2D eigenvalue weighted by atomic mass is 10.1. The topological polar surface area (TPSA) is 94.0 Å². The van der Waals surface area contributed by atoms with E-state index in [2.05, 4.69) is 15.0 Å². The van der Waals surface area contributed by atoms with E-state index in [0.29, 0.717) is 33.9 Å². The molecule has 7 nitrogen and oxygen atoms in total. The molecule has 0 aliphatic rings. The molecule has 32 heavy (non-hydrogen) atoms. The third-order valence-electron chi connectivity index (χ3n) is 5.00. The van der Waals surface area contributed by atoms with Gasteiger partial charge in [0.25, 0.3) is 11.7 Å². The number of hydrogen-bond donors (Lipinski definition) is 1. The summed E-state index contributed by atoms with van der Waals surface area (Å²) in [4.78, 5) is 25.4. The molecule has 158 valence electrons. The van der Waals surface area contributed by atoms with Crippen LogP contribution in [-0.4, -0.2) is 30.4 Å². The van der Waals surface area contributed by atoms with E-state index >= 15 is 0 Å². The molecule has 0 unspecified atom stereocenters. The summed E-state index contributed by atoms with van der Waals surface area (Å²) in [5, 5.41) is 11.4. The average Bonchev–Trinajstić information content (AvgIpc) is 3.39. The van der Waals surface area contributed by atoms with Gasteiger partial charge in [-0.15, -0.1) is 0 Å². The first-order chi connectivity index (χ1) is 15.5. The number of phenolic OH excluding ortho intramolecular Hbond substituents is 1. The van der Waals surface area contributed by atoms with E-state index in [1.165, 1.54) is 18.6 Å². The SMILES string of the molecule is O=C(c1ncc(-c2ccncn2)o1)c1c(Cl)n(Cc2ccc(Cl)cc2)c2ccc(O)cc12. The summed E-state index contributed by atoms with van der Waals surface area (Å²) in [7, 11) is 0. The Labute approximate surface area is 191 Å². The maximum atomic E-state index is 13.4. The Hall–Kier alpha value is -3.68. The summed E-state index contributed by atoms with van der Waals surface area (Å²) < 4.78 is 7.46. The highest BCUT2D eigenvalue weighted by atomic mass is 35.5. The zero-order chi connectivity index (χ0) is 22.2. The van der Waals surface area contributed by atoms with Gasteiger partial charge in [-0.2, -0.15) is 0 Å². The molecule has 0 radical (unpaired) electrons. The Balaban J connectivity index is 1.60. The number of ketones is 1. The summed E-state index contributed by atoms with van der Waals surface area (Å²) in [5.74, 6) is -0.282. The van der Waals surface area contributed by atoms with Crippen molar-refractivity contribution in [1.82, 2.24) is 19.5 Å². The second-order valence-corrected chi connectivity index (χ2v) is 7.83. The van der Waals surface area contributed by atoms with Gasteiger partial charge in [-0.05, 0) is 42.0 Å². The molecule has 0 fully saturated rings. The minimum atomic E-state index is -0.499. The third kappa shape index (κ3) is 3.62. The smallest absolute Gasteiger partial charge is 0.269 e. The van der Waals surface area contributed by atoms with Crippen molar-refractivity contribution < 1.29 is 14.3 Å². The maximum Gasteiger partial charge on any atom is 0.269 e. The van der Waals surface area contributed by atoms with Crippen LogP contribution in [0, 0.1) is 0 Å². The van der Waals surface area contributed by atoms with Gasteiger partial charge in [-0.25, -0.2) is 15.0 Å². The number of nitrogens with zero attached hydrogens (tertiary/aromatic N) is 4. The van der Waals surface area contributed by atoms with E-state index in [0.717, 1.165) is 5.56 Å². The van der Waals surface area contributed by atoms with E-state index in [1.807, 2.05) is 12.1 Å². The van der Waals surface area contributed by atoms with Gasteiger partial charge < -0.3 is 14.1 Å². The van der Waals surface area contributed by atoms with Crippen molar-refractivity contribution in [2.75, 3.05) is 0 Å². The Kier molecular flexibility index (Phi) is 5.13. The van der Waals surface area contributed by atoms with Crippen LogP contribution in [0.4, 0.5) is 0 Å². The molecule has 0 aliphatic heterocycles. The summed E-state index contributed by atoms with van der Waals surface area (Å²) in [6, 6.07) is 13.8. The fourth-order valence-corrected chi connectivity index (χ4v) is 3.96. The molecular formula is C23H14Cl2N4O3. The molecule has 0 amide bonds. The highest BCUT2D eigenvalue weighted by Gasteiger charge is 2.26. The second-order valence-electron chi connectivity index (χ2n) is 7.03. The Morgan fingerprint density at radius 3 is 2.62 bits per heavy atom. The molecule has 5 rings (SSSR count). The molecule has 0 aliphatic carbocycles. The predicted molar refractivity (Wildman–Crippen MR) is 120 cm³/mol. The van der Waals surface area contributed by atoms with Gasteiger partial charge >= 0.3 is 0 Å². The lowest BCUT2D eigenvalue weighted by molar-refractivity contribution is 0.100. The van der Waals surface area contributed by atoms with E-state index in [-0.39, 0.29) is 22.4 Å². The summed E-state index contributed by atoms with van der Waals surface area (Å²) in [6.07, 6.45) is 4.37. The molecule has 5 aromatic rings. The van der Waals surface area contributed by atoms with Crippen molar-refractivity contribution in [3.05, 3.63) is 94.4 Å². The van der Waals surface area contributed by atoms with E-state index < -0.39 is 5.78 Å². The van der Waals surface area contributed by atoms with Crippen LogP contribution >= 0.6 is 23.2 Å². The third-order valence-corrected chi connectivity index (χ3v) is 5.64. The Morgan fingerprint density at radius 1 is 1.06 bits per heavy atom. The molecule has 0 atom stereocenters. The molecule has 3 heterocycles. The number of phenols is 1. The first-order valence-electron chi connectivity index (χ1n) is 9.53. The van der Waals surface area contributed by atoms with Crippen LogP contribution in [0.5, 0.6) is 5.75 Å². The fourth-order valence-electron chi connectivity index (χ4n) is 3.50. The molecule has 2 aromatic carbocycles. The van der Waals surface area contributed by atoms with Crippen LogP contribution in [0.3, 0.4) is 0 Å². The summed E-state index contributed by atoms with van der Waals surface area (Å²) in [6.45, 7) is 0.405. The van der Waals surface area contributed by atoms with Gasteiger partial charge in [0.15, 0.2) is 5.76 Å². The quantitative estimate of drug-likeness (QED) is 0.351. The number of carbonyl (C=O) groups excluding carboxylic acids is 1. The lowest BCUT2D eigenvalue weighted by Crippen LogP contribution is -2.04. The van der Waals surface area contributed by atoms with Crippen molar-refractivity contribution in [2.45, 2.75) is 6.54 Å². The summed E-state index contributed by atoms with van der Waals surface area (Å²) in [5.41, 5.74) is 2.33. The van der Waals surface area contributed by atoms with Crippen molar-refractivity contribution in [1.29, 1.82) is 0 Å². The number of carbonyl (C=O) groups is 1. The molecule has 1 N–H and O–H groups in total. The van der Waals surface area contributed by atoms with E-state index in [1.54, 1.807) is 41.1 Å². The minimum Gasteiger partial charge on any atom is -0.508 e. The number of fused-ring (bicyclic) bond motifs is 1. The van der Waals surface area contributed by atoms with E-state index in [4.69, 9.17) is 27.6 Å². The predicted octanol–water partition coefficient (Wildman–Crippen LogP) is 5.38. The standard InChI is InChI=1S/C23H14Cl2N4O3/c24-14-3-1-13(2-4-14)11-29-18-6-5-15(30)9-16(18)20(22(29)25)21(31)23-27-10-19(32-23)17-7-8-26-12-28-17/h1-10,12,30H,11H2. The molecule has 0 bridgehead atoms. The zero-order valence-corrected chi connectivity index (χ0v) is 17.9. The normalized spacial score (nSPS) is 11.2. The van der Waals surface area contributed by atoms with Crippen LogP contribution in [0.15, 0.2) is 71.7 Å². The number of aromatic hydroxyl groups is 1. The number of halogens is 2. The average molecular weight is 465 g/mol. The zero-order valence-electron chi connectivity index (χ0n) is 16.4. The van der Waals surface area contributed by atoms with Crippen molar-refractivity contribution in [3.8, 4) is 17.2 Å². The first-order valence-corrected chi connectivity index (χ1v) is 10.3. The van der Waals surface area contributed by atoms with Crippen molar-refractivity contribution >= 4 is 39.9 Å². The van der Waals surface area contributed by atoms with Gasteiger partial charge in [-0.1, -0.05) is 35.3 Å². The minimum absolute atomic E-state index is 0.0148. The van der Waals surface area contributed by atoms with Gasteiger partial charge in [0.05, 0.1) is 17.3 Å². The van der Waals surface area contributed by atoms with Gasteiger partial charge in [0, 0.05) is 23.2 Å². The second kappa shape index (κ2) is 8.11. The van der Waals surface area contributed by atoms with Crippen molar-refractivity contribution in [2.24, 2.45) is 0 Å². The van der Waals surface area contributed by atoms with Crippen LogP contribution in [-0.2, 0) is 6.54 Å². The number of oxazole rings is 1. The van der Waals surface area contributed by atoms with Gasteiger partial charge in [0.1, 0.15) is 22.9 Å².